The first-order valence-corrected chi connectivity index (χ1v) is 2.09. The Kier molecular flexibility index (Phi) is 1.08. The van der Waals surface area contributed by atoms with Gasteiger partial charge in [-0.2, -0.15) is 0 Å². The van der Waals surface area contributed by atoms with Gasteiger partial charge in [0.25, 0.3) is 0 Å². The van der Waals surface area contributed by atoms with Crippen LogP contribution in [0.5, 0.6) is 0 Å². The van der Waals surface area contributed by atoms with Crippen molar-refractivity contribution < 1.29 is 0 Å². The average Bonchev–Trinajstić information content (AvgIpc) is 1.69. The molecule has 0 amide bonds. The lowest BCUT2D eigenvalue weighted by Gasteiger charge is -2.10. The minimum atomic E-state index is 0.719. The zero-order valence-corrected chi connectivity index (χ0v) is 3.91. The molecule has 0 aliphatic carbocycles. The van der Waals surface area contributed by atoms with Gasteiger partial charge < -0.3 is 5.01 Å². The first-order chi connectivity index (χ1) is 3.39. The number of hydrogen-bond acceptors (Lipinski definition) is 3. The molecule has 3 nitrogen and oxygen atoms in total. The van der Waals surface area contributed by atoms with E-state index in [9.17, 15) is 0 Å². The Balaban J connectivity index is 2.49. The molecule has 0 aromatic rings. The van der Waals surface area contributed by atoms with E-state index in [4.69, 9.17) is 5.84 Å². The molecule has 0 spiro atoms. The molecule has 0 saturated heterocycles. The summed E-state index contributed by atoms with van der Waals surface area (Å²) in [6.07, 6.45) is 5.13. The number of hydrazine groups is 1. The minimum Gasteiger partial charge on any atom is -0.311 e. The van der Waals surface area contributed by atoms with Gasteiger partial charge in [0.05, 0.1) is 6.54 Å². The van der Waals surface area contributed by atoms with E-state index < -0.39 is 0 Å². The van der Waals surface area contributed by atoms with Crippen LogP contribution < -0.4 is 5.84 Å². The third kappa shape index (κ3) is 1.01. The Bertz CT molecular complexity index is 106. The molecule has 1 aliphatic rings. The topological polar surface area (TPSA) is 41.6 Å². The zero-order valence-electron chi connectivity index (χ0n) is 3.91. The van der Waals surface area contributed by atoms with Gasteiger partial charge in [-0.05, 0) is 0 Å². The van der Waals surface area contributed by atoms with Crippen molar-refractivity contribution in [3.63, 3.8) is 0 Å². The molecule has 0 aromatic heterocycles. The molecule has 1 heterocycles. The van der Waals surface area contributed by atoms with Crippen LogP contribution in [-0.4, -0.2) is 17.8 Å². The molecule has 0 aromatic carbocycles. The highest BCUT2D eigenvalue weighted by molar-refractivity contribution is 5.61. The van der Waals surface area contributed by atoms with Gasteiger partial charge in [-0.15, -0.1) is 0 Å². The van der Waals surface area contributed by atoms with E-state index in [0.717, 1.165) is 6.54 Å². The second kappa shape index (κ2) is 1.75. The third-order valence-corrected chi connectivity index (χ3v) is 0.742. The standard InChI is InChI=1S/C4H7N3/c5-7-3-1-6-2-4-7/h1-3H,4-5H2. The quantitative estimate of drug-likeness (QED) is 0.422. The Morgan fingerprint density at radius 1 is 1.71 bits per heavy atom. The summed E-state index contributed by atoms with van der Waals surface area (Å²) in [5, 5.41) is 1.56. The number of rotatable bonds is 0. The Labute approximate surface area is 42.1 Å². The first-order valence-electron chi connectivity index (χ1n) is 2.09. The predicted octanol–water partition coefficient (Wildman–Crippen LogP) is -0.282. The van der Waals surface area contributed by atoms with E-state index in [-0.39, 0.29) is 0 Å². The molecule has 0 fully saturated rings. The van der Waals surface area contributed by atoms with Crippen LogP contribution in [0.15, 0.2) is 17.4 Å². The Hall–Kier alpha value is -0.830. The maximum Gasteiger partial charge on any atom is 0.0688 e. The van der Waals surface area contributed by atoms with Crippen LogP contribution in [0.25, 0.3) is 0 Å². The lowest BCUT2D eigenvalue weighted by Crippen LogP contribution is -2.27. The smallest absolute Gasteiger partial charge is 0.0688 e. The molecule has 0 atom stereocenters. The summed E-state index contributed by atoms with van der Waals surface area (Å²) >= 11 is 0. The normalized spacial score (nSPS) is 18.1. The van der Waals surface area contributed by atoms with E-state index in [1.165, 1.54) is 0 Å². The summed E-state index contributed by atoms with van der Waals surface area (Å²) in [5.41, 5.74) is 0. The van der Waals surface area contributed by atoms with E-state index in [1.54, 1.807) is 23.6 Å². The number of nitrogens with zero attached hydrogens (tertiary/aromatic N) is 2. The molecule has 0 unspecified atom stereocenters. The van der Waals surface area contributed by atoms with Gasteiger partial charge in [0.15, 0.2) is 0 Å². The number of nitrogens with two attached hydrogens (primary N) is 1. The van der Waals surface area contributed by atoms with Crippen LogP contribution in [0.4, 0.5) is 0 Å². The van der Waals surface area contributed by atoms with Gasteiger partial charge in [-0.25, -0.2) is 5.84 Å². The fourth-order valence-corrected chi connectivity index (χ4v) is 0.387. The maximum atomic E-state index is 5.29. The molecule has 2 N–H and O–H groups in total. The van der Waals surface area contributed by atoms with Crippen molar-refractivity contribution in [2.24, 2.45) is 10.8 Å². The fraction of sp³-hybridized carbons (Fsp3) is 0.250. The van der Waals surface area contributed by atoms with Gasteiger partial charge in [0.2, 0.25) is 0 Å². The lowest BCUT2D eigenvalue weighted by atomic mass is 10.6. The van der Waals surface area contributed by atoms with Gasteiger partial charge in [0, 0.05) is 18.6 Å². The monoisotopic (exact) mass is 97.1 g/mol. The zero-order chi connectivity index (χ0) is 5.11. The van der Waals surface area contributed by atoms with Crippen molar-refractivity contribution in [2.75, 3.05) is 6.54 Å². The summed E-state index contributed by atoms with van der Waals surface area (Å²) in [6.45, 7) is 0.719. The molecule has 38 valence electrons. The van der Waals surface area contributed by atoms with Crippen LogP contribution in [-0.2, 0) is 0 Å². The van der Waals surface area contributed by atoms with Gasteiger partial charge in [0.1, 0.15) is 0 Å². The summed E-state index contributed by atoms with van der Waals surface area (Å²) in [7, 11) is 0. The molecular weight excluding hydrogens is 90.1 g/mol. The Morgan fingerprint density at radius 3 is 2.86 bits per heavy atom. The first kappa shape index (κ1) is 4.33. The van der Waals surface area contributed by atoms with Crippen LogP contribution in [0.1, 0.15) is 0 Å². The van der Waals surface area contributed by atoms with Crippen molar-refractivity contribution in [3.8, 4) is 0 Å². The van der Waals surface area contributed by atoms with Crippen molar-refractivity contribution in [2.45, 2.75) is 0 Å². The van der Waals surface area contributed by atoms with E-state index >= 15 is 0 Å². The Morgan fingerprint density at radius 2 is 2.57 bits per heavy atom. The van der Waals surface area contributed by atoms with Gasteiger partial charge in [-0.3, -0.25) is 4.99 Å². The van der Waals surface area contributed by atoms with Crippen molar-refractivity contribution in [1.29, 1.82) is 0 Å². The molecule has 0 bridgehead atoms. The molecule has 7 heavy (non-hydrogen) atoms. The van der Waals surface area contributed by atoms with Crippen LogP contribution in [0.2, 0.25) is 0 Å². The highest BCUT2D eigenvalue weighted by atomic mass is 15.4. The molecule has 0 radical (unpaired) electrons. The summed E-state index contributed by atoms with van der Waals surface area (Å²) in [5.74, 6) is 5.29. The van der Waals surface area contributed by atoms with Crippen LogP contribution >= 0.6 is 0 Å². The molecule has 1 rings (SSSR count). The predicted molar refractivity (Wildman–Crippen MR) is 28.5 cm³/mol. The van der Waals surface area contributed by atoms with E-state index in [2.05, 4.69) is 4.99 Å². The highest BCUT2D eigenvalue weighted by Gasteiger charge is 1.87. The molecule has 1 aliphatic heterocycles. The third-order valence-electron chi connectivity index (χ3n) is 0.742. The molecule has 0 saturated carbocycles. The van der Waals surface area contributed by atoms with Gasteiger partial charge in [-0.1, -0.05) is 0 Å². The second-order valence-corrected chi connectivity index (χ2v) is 1.33. The van der Waals surface area contributed by atoms with E-state index in [0.29, 0.717) is 0 Å². The number of hydrogen-bond donors (Lipinski definition) is 1. The molecule has 3 heteroatoms. The second-order valence-electron chi connectivity index (χ2n) is 1.33. The maximum absolute atomic E-state index is 5.29. The SMILES string of the molecule is NN1C=CN=CC1. The number of aliphatic imine (C=N–C) groups is 1. The minimum absolute atomic E-state index is 0.719. The largest absolute Gasteiger partial charge is 0.311 e. The summed E-state index contributed by atoms with van der Waals surface area (Å²) < 4.78 is 0. The lowest BCUT2D eigenvalue weighted by molar-refractivity contribution is 0.449. The van der Waals surface area contributed by atoms with Gasteiger partial charge >= 0.3 is 0 Å². The fourth-order valence-electron chi connectivity index (χ4n) is 0.387. The van der Waals surface area contributed by atoms with Crippen molar-refractivity contribution in [3.05, 3.63) is 12.4 Å². The summed E-state index contributed by atoms with van der Waals surface area (Å²) in [4.78, 5) is 3.80. The highest BCUT2D eigenvalue weighted by Crippen LogP contribution is 1.84. The average molecular weight is 97.1 g/mol. The van der Waals surface area contributed by atoms with Crippen LogP contribution in [0, 0.1) is 0 Å². The van der Waals surface area contributed by atoms with Crippen LogP contribution in [0.3, 0.4) is 0 Å². The van der Waals surface area contributed by atoms with E-state index in [1.807, 2.05) is 0 Å². The van der Waals surface area contributed by atoms with Crippen molar-refractivity contribution >= 4 is 6.21 Å². The molecular formula is C4H7N3. The van der Waals surface area contributed by atoms with Crippen molar-refractivity contribution in [1.82, 2.24) is 5.01 Å². The summed E-state index contributed by atoms with van der Waals surface area (Å²) in [6, 6.07) is 0.